The van der Waals surface area contributed by atoms with E-state index in [-0.39, 0.29) is 40.6 Å². The molecule has 0 N–H and O–H groups in total. The van der Waals surface area contributed by atoms with E-state index in [1.807, 2.05) is 0 Å². The second kappa shape index (κ2) is 13.8. The Morgan fingerprint density at radius 3 is 2.17 bits per heavy atom. The van der Waals surface area contributed by atoms with Gasteiger partial charge in [-0.1, -0.05) is 52.0 Å². The Balaban J connectivity index is -0.000000320. The van der Waals surface area contributed by atoms with Crippen molar-refractivity contribution >= 4 is 0 Å². The molecule has 0 aliphatic carbocycles. The average molecular weight is 235 g/mol. The van der Waals surface area contributed by atoms with E-state index in [1.165, 1.54) is 49.9 Å². The van der Waals surface area contributed by atoms with E-state index < -0.39 is 0 Å². The predicted molar refractivity (Wildman–Crippen MR) is 72.9 cm³/mol. The second-order valence-electron chi connectivity index (χ2n) is 4.49. The zero-order chi connectivity index (χ0) is 11.6. The normalized spacial score (nSPS) is 9.44. The number of nitrogens with zero attached hydrogens (tertiary/aromatic N) is 1. The Hall–Kier alpha value is 0.345. The van der Waals surface area contributed by atoms with Gasteiger partial charge in [0.25, 0.3) is 0 Å². The van der Waals surface area contributed by atoms with Gasteiger partial charge in [0.1, 0.15) is 0 Å². The molecule has 1 aromatic rings. The minimum absolute atomic E-state index is 0. The number of hydrogen-bond donors (Lipinski definition) is 0. The number of unbranched alkanes of at least 4 members (excludes halogenated alkanes) is 5. The van der Waals surface area contributed by atoms with Gasteiger partial charge in [0, 0.05) is 11.4 Å². The Morgan fingerprint density at radius 2 is 1.50 bits per heavy atom. The molecule has 0 bridgehead atoms. The monoisotopic (exact) mass is 235 g/mol. The molecule has 0 fully saturated rings. The summed E-state index contributed by atoms with van der Waals surface area (Å²) in [5.41, 5.74) is 2.50. The molecule has 0 saturated heterocycles. The minimum atomic E-state index is 0. The van der Waals surface area contributed by atoms with Gasteiger partial charge in [-0.3, -0.25) is 4.98 Å². The summed E-state index contributed by atoms with van der Waals surface area (Å²) in [5.74, 6) is 0. The molecule has 0 radical (unpaired) electrons. The van der Waals surface area contributed by atoms with Crippen molar-refractivity contribution in [3.8, 4) is 0 Å². The molecular weight excluding hydrogens is 208 g/mol. The molecule has 0 atom stereocenters. The molecule has 18 heavy (non-hydrogen) atoms. The molecule has 3 heteroatoms. The molecule has 0 aromatic carbocycles. The van der Waals surface area contributed by atoms with Gasteiger partial charge in [0.2, 0.25) is 0 Å². The van der Waals surface area contributed by atoms with Crippen molar-refractivity contribution in [2.24, 2.45) is 0 Å². The maximum atomic E-state index is 4.63. The molecule has 0 amide bonds. The van der Waals surface area contributed by atoms with Crippen molar-refractivity contribution in [1.82, 2.24) is 4.98 Å². The van der Waals surface area contributed by atoms with E-state index in [9.17, 15) is 0 Å². The van der Waals surface area contributed by atoms with E-state index in [2.05, 4.69) is 37.0 Å². The third-order valence-corrected chi connectivity index (χ3v) is 3.01. The number of rotatable bonds is 8. The van der Waals surface area contributed by atoms with Crippen LogP contribution in [0.3, 0.4) is 0 Å². The Kier molecular flexibility index (Phi) is 15.8. The number of aryl methyl sites for hydroxylation is 2. The fourth-order valence-electron chi connectivity index (χ4n) is 1.95. The van der Waals surface area contributed by atoms with Gasteiger partial charge in [-0.15, -0.1) is 0 Å². The zero-order valence-corrected chi connectivity index (χ0v) is 12.8. The summed E-state index contributed by atoms with van der Waals surface area (Å²) in [4.78, 5) is 4.63. The summed E-state index contributed by atoms with van der Waals surface area (Å²) in [5, 5.41) is 0. The third kappa shape index (κ3) is 9.30. The Morgan fingerprint density at radius 1 is 0.889 bits per heavy atom. The number of hydrogen-bond acceptors (Lipinski definition) is 1. The molecule has 94 valence electrons. The van der Waals surface area contributed by atoms with Crippen LogP contribution in [-0.4, -0.2) is 4.98 Å². The van der Waals surface area contributed by atoms with Gasteiger partial charge in [0.15, 0.2) is 0 Å². The van der Waals surface area contributed by atoms with Gasteiger partial charge < -0.3 is 2.85 Å². The van der Waals surface area contributed by atoms with E-state index in [0.717, 1.165) is 12.8 Å². The van der Waals surface area contributed by atoms with Crippen LogP contribution < -0.4 is 37.7 Å². The van der Waals surface area contributed by atoms with E-state index in [4.69, 9.17) is 0 Å². The quantitative estimate of drug-likeness (QED) is 0.406. The summed E-state index contributed by atoms with van der Waals surface area (Å²) < 4.78 is 0. The van der Waals surface area contributed by atoms with Gasteiger partial charge in [0.05, 0.1) is 0 Å². The summed E-state index contributed by atoms with van der Waals surface area (Å²) >= 11 is 0. The summed E-state index contributed by atoms with van der Waals surface area (Å²) in [6.07, 6.45) is 10.4. The number of aromatic nitrogens is 1. The van der Waals surface area contributed by atoms with Crippen LogP contribution in [0, 0.1) is 0 Å². The van der Waals surface area contributed by atoms with Crippen molar-refractivity contribution in [2.75, 3.05) is 0 Å². The van der Waals surface area contributed by atoms with Crippen LogP contribution in [0.2, 0.25) is 0 Å². The maximum Gasteiger partial charge on any atom is 1.00 e. The Labute approximate surface area is 140 Å². The van der Waals surface area contributed by atoms with Crippen LogP contribution in [0.5, 0.6) is 0 Å². The molecule has 1 heterocycles. The fourth-order valence-corrected chi connectivity index (χ4v) is 1.95. The first kappa shape index (κ1) is 20.7. The van der Waals surface area contributed by atoms with Crippen molar-refractivity contribution in [3.63, 3.8) is 0 Å². The first-order valence-electron chi connectivity index (χ1n) is 6.81. The molecule has 1 rings (SSSR count). The zero-order valence-electron chi connectivity index (χ0n) is 14.8. The standard InChI is InChI=1S/C15H25N.2Li.2H/c1-3-5-6-7-8-9-11-15-13-10-12-14(4-2)16-15;;;;/h10,12-13H,3-9,11H2,1-2H3;;;;/q;2*+1;2*-1. The molecular formula is C15H27Li2N. The van der Waals surface area contributed by atoms with E-state index in [1.54, 1.807) is 0 Å². The van der Waals surface area contributed by atoms with Gasteiger partial charge >= 0.3 is 37.7 Å². The van der Waals surface area contributed by atoms with Crippen LogP contribution in [0.25, 0.3) is 0 Å². The van der Waals surface area contributed by atoms with Crippen LogP contribution >= 0.6 is 0 Å². The SMILES string of the molecule is CCCCCCCCc1cccc(CC)n1.[H-].[H-].[Li+].[Li+]. The van der Waals surface area contributed by atoms with Crippen LogP contribution in [-0.2, 0) is 12.8 Å². The molecule has 0 saturated carbocycles. The molecule has 1 aromatic heterocycles. The van der Waals surface area contributed by atoms with Crippen molar-refractivity contribution in [2.45, 2.75) is 65.2 Å². The maximum absolute atomic E-state index is 4.63. The predicted octanol–water partition coefficient (Wildman–Crippen LogP) is -1.22. The van der Waals surface area contributed by atoms with E-state index in [0.29, 0.717) is 0 Å². The van der Waals surface area contributed by atoms with Gasteiger partial charge in [-0.25, -0.2) is 0 Å². The molecule has 0 spiro atoms. The summed E-state index contributed by atoms with van der Waals surface area (Å²) in [6.45, 7) is 4.43. The fraction of sp³-hybridized carbons (Fsp3) is 0.667. The molecule has 0 aliphatic rings. The molecule has 0 aliphatic heterocycles. The number of pyridine rings is 1. The first-order chi connectivity index (χ1) is 7.86. The summed E-state index contributed by atoms with van der Waals surface area (Å²) in [6, 6.07) is 6.41. The average Bonchev–Trinajstić information content (AvgIpc) is 2.34. The summed E-state index contributed by atoms with van der Waals surface area (Å²) in [7, 11) is 0. The Bertz CT molecular complexity index is 299. The van der Waals surface area contributed by atoms with Crippen LogP contribution in [0.15, 0.2) is 18.2 Å². The molecule has 0 unspecified atom stereocenters. The smallest absolute Gasteiger partial charge is 1.00 e. The van der Waals surface area contributed by atoms with E-state index >= 15 is 0 Å². The molecule has 1 nitrogen and oxygen atoms in total. The second-order valence-corrected chi connectivity index (χ2v) is 4.49. The van der Waals surface area contributed by atoms with Crippen LogP contribution in [0.4, 0.5) is 0 Å². The van der Waals surface area contributed by atoms with Gasteiger partial charge in [-0.05, 0) is 31.4 Å². The first-order valence-corrected chi connectivity index (χ1v) is 6.81. The largest absolute Gasteiger partial charge is 1.00 e. The topological polar surface area (TPSA) is 12.9 Å². The van der Waals surface area contributed by atoms with Crippen LogP contribution in [0.1, 0.15) is 66.6 Å². The minimum Gasteiger partial charge on any atom is -1.00 e. The third-order valence-electron chi connectivity index (χ3n) is 3.01. The van der Waals surface area contributed by atoms with Gasteiger partial charge in [-0.2, -0.15) is 0 Å². The van der Waals surface area contributed by atoms with Crippen molar-refractivity contribution < 1.29 is 40.6 Å². The van der Waals surface area contributed by atoms with Crippen molar-refractivity contribution in [3.05, 3.63) is 29.6 Å². The van der Waals surface area contributed by atoms with Crippen molar-refractivity contribution in [1.29, 1.82) is 0 Å².